The quantitative estimate of drug-likeness (QED) is 0.817. The summed E-state index contributed by atoms with van der Waals surface area (Å²) in [4.78, 5) is 0. The van der Waals surface area contributed by atoms with Gasteiger partial charge >= 0.3 is 0 Å². The highest BCUT2D eigenvalue weighted by atomic mass is 16.5. The molecular weight excluding hydrogens is 248 g/mol. The Morgan fingerprint density at radius 1 is 0.900 bits per heavy atom. The number of aliphatic hydroxyl groups excluding tert-OH is 1. The molecule has 3 saturated carbocycles. The van der Waals surface area contributed by atoms with Crippen LogP contribution in [-0.2, 0) is 4.74 Å². The number of hydrogen-bond donors (Lipinski definition) is 1. The molecule has 0 aromatic heterocycles. The molecule has 0 heterocycles. The number of hydrogen-bond acceptors (Lipinski definition) is 2. The van der Waals surface area contributed by atoms with Crippen LogP contribution in [0.1, 0.15) is 78.1 Å². The lowest BCUT2D eigenvalue weighted by Crippen LogP contribution is -2.59. The van der Waals surface area contributed by atoms with Crippen LogP contribution < -0.4 is 0 Å². The van der Waals surface area contributed by atoms with Crippen molar-refractivity contribution in [2.24, 2.45) is 17.3 Å². The van der Waals surface area contributed by atoms with Crippen LogP contribution in [0, 0.1) is 17.3 Å². The van der Waals surface area contributed by atoms with Crippen LogP contribution in [0.3, 0.4) is 0 Å². The molecule has 3 aliphatic rings. The molecule has 0 aliphatic heterocycles. The van der Waals surface area contributed by atoms with Crippen LogP contribution in [-0.4, -0.2) is 23.4 Å². The van der Waals surface area contributed by atoms with Gasteiger partial charge in [-0.25, -0.2) is 0 Å². The maximum Gasteiger partial charge on any atom is 0.0684 e. The average molecular weight is 280 g/mol. The lowest BCUT2D eigenvalue weighted by atomic mass is 9.59. The second-order valence-corrected chi connectivity index (χ2v) is 7.91. The monoisotopic (exact) mass is 280 g/mol. The second kappa shape index (κ2) is 5.96. The maximum atomic E-state index is 10.4. The molecule has 0 aromatic rings. The normalized spacial score (nSPS) is 44.9. The summed E-state index contributed by atoms with van der Waals surface area (Å²) in [5.41, 5.74) is 0.128. The molecule has 116 valence electrons. The molecule has 1 N–H and O–H groups in total. The highest BCUT2D eigenvalue weighted by molar-refractivity contribution is 5.05. The van der Waals surface area contributed by atoms with Crippen LogP contribution in [0.15, 0.2) is 0 Å². The van der Waals surface area contributed by atoms with Gasteiger partial charge in [0.25, 0.3) is 0 Å². The van der Waals surface area contributed by atoms with E-state index in [9.17, 15) is 5.11 Å². The molecule has 5 atom stereocenters. The Hall–Kier alpha value is -0.0800. The fourth-order valence-corrected chi connectivity index (χ4v) is 4.81. The molecule has 3 rings (SSSR count). The van der Waals surface area contributed by atoms with Gasteiger partial charge in [-0.3, -0.25) is 0 Å². The number of ether oxygens (including phenoxy) is 1. The van der Waals surface area contributed by atoms with E-state index in [4.69, 9.17) is 4.74 Å². The van der Waals surface area contributed by atoms with Crippen LogP contribution in [0.2, 0.25) is 0 Å². The van der Waals surface area contributed by atoms with Gasteiger partial charge in [0.05, 0.1) is 18.3 Å². The molecule has 2 nitrogen and oxygen atoms in total. The molecule has 2 heteroatoms. The zero-order valence-corrected chi connectivity index (χ0v) is 13.3. The van der Waals surface area contributed by atoms with E-state index in [0.717, 1.165) is 18.3 Å². The van der Waals surface area contributed by atoms with E-state index in [1.54, 1.807) is 0 Å². The van der Waals surface area contributed by atoms with Crippen molar-refractivity contribution in [2.75, 3.05) is 0 Å². The van der Waals surface area contributed by atoms with Gasteiger partial charge < -0.3 is 9.84 Å². The van der Waals surface area contributed by atoms with Gasteiger partial charge in [-0.1, -0.05) is 39.5 Å². The molecule has 0 bridgehead atoms. The first-order valence-electron chi connectivity index (χ1n) is 8.95. The van der Waals surface area contributed by atoms with Crippen molar-refractivity contribution >= 4 is 0 Å². The Labute approximate surface area is 124 Å². The Morgan fingerprint density at radius 2 is 1.60 bits per heavy atom. The minimum absolute atomic E-state index is 0.0921. The van der Waals surface area contributed by atoms with E-state index in [1.165, 1.54) is 57.8 Å². The topological polar surface area (TPSA) is 29.5 Å². The van der Waals surface area contributed by atoms with Gasteiger partial charge in [-0.2, -0.15) is 0 Å². The Kier molecular flexibility index (Phi) is 4.42. The van der Waals surface area contributed by atoms with E-state index in [-0.39, 0.29) is 11.5 Å². The highest BCUT2D eigenvalue weighted by Gasteiger charge is 2.55. The first-order valence-corrected chi connectivity index (χ1v) is 8.95. The summed E-state index contributed by atoms with van der Waals surface area (Å²) in [6.45, 7) is 4.75. The van der Waals surface area contributed by atoms with Crippen molar-refractivity contribution in [3.63, 3.8) is 0 Å². The molecular formula is C18H32O2. The summed E-state index contributed by atoms with van der Waals surface area (Å²) in [6, 6.07) is 0. The molecule has 0 amide bonds. The molecule has 3 aliphatic carbocycles. The van der Waals surface area contributed by atoms with Gasteiger partial charge in [0.2, 0.25) is 0 Å². The van der Waals surface area contributed by atoms with Crippen LogP contribution in [0.4, 0.5) is 0 Å². The summed E-state index contributed by atoms with van der Waals surface area (Å²) in [6.07, 6.45) is 13.0. The summed E-state index contributed by atoms with van der Waals surface area (Å²) in [7, 11) is 0. The number of aliphatic hydroxyl groups is 1. The third-order valence-electron chi connectivity index (χ3n) is 6.68. The average Bonchev–Trinajstić information content (AvgIpc) is 2.70. The predicted molar refractivity (Wildman–Crippen MR) is 81.6 cm³/mol. The standard InChI is InChI=1S/C18H32O2/c1-13-7-8-15(11-14(13)2)20-17-12-16(19)18(17)9-5-3-4-6-10-18/h13-17,19H,3-12H2,1-2H3. The van der Waals surface area contributed by atoms with Crippen molar-refractivity contribution in [2.45, 2.75) is 96.4 Å². The fraction of sp³-hybridized carbons (Fsp3) is 1.00. The van der Waals surface area contributed by atoms with Gasteiger partial charge in [-0.15, -0.1) is 0 Å². The van der Waals surface area contributed by atoms with Crippen molar-refractivity contribution in [1.82, 2.24) is 0 Å². The van der Waals surface area contributed by atoms with Crippen molar-refractivity contribution in [1.29, 1.82) is 0 Å². The minimum Gasteiger partial charge on any atom is -0.392 e. The van der Waals surface area contributed by atoms with Crippen molar-refractivity contribution < 1.29 is 9.84 Å². The molecule has 20 heavy (non-hydrogen) atoms. The van der Waals surface area contributed by atoms with Crippen molar-refractivity contribution in [3.05, 3.63) is 0 Å². The van der Waals surface area contributed by atoms with E-state index in [1.807, 2.05) is 0 Å². The summed E-state index contributed by atoms with van der Waals surface area (Å²) in [5.74, 6) is 1.65. The van der Waals surface area contributed by atoms with E-state index >= 15 is 0 Å². The summed E-state index contributed by atoms with van der Waals surface area (Å²) < 4.78 is 6.51. The lowest BCUT2D eigenvalue weighted by molar-refractivity contribution is -0.222. The molecule has 0 radical (unpaired) electrons. The smallest absolute Gasteiger partial charge is 0.0684 e. The maximum absolute atomic E-state index is 10.4. The summed E-state index contributed by atoms with van der Waals surface area (Å²) >= 11 is 0. The third-order valence-corrected chi connectivity index (χ3v) is 6.68. The minimum atomic E-state index is -0.0921. The second-order valence-electron chi connectivity index (χ2n) is 7.91. The third kappa shape index (κ3) is 2.66. The zero-order chi connectivity index (χ0) is 14.2. The zero-order valence-electron chi connectivity index (χ0n) is 13.3. The molecule has 0 saturated heterocycles. The molecule has 5 unspecified atom stereocenters. The largest absolute Gasteiger partial charge is 0.392 e. The first-order chi connectivity index (χ1) is 9.62. The van der Waals surface area contributed by atoms with Gasteiger partial charge in [0.1, 0.15) is 0 Å². The van der Waals surface area contributed by atoms with Gasteiger partial charge in [-0.05, 0) is 43.9 Å². The Morgan fingerprint density at radius 3 is 2.20 bits per heavy atom. The Balaban J connectivity index is 1.60. The van der Waals surface area contributed by atoms with Crippen LogP contribution in [0.25, 0.3) is 0 Å². The number of rotatable bonds is 2. The highest BCUT2D eigenvalue weighted by Crippen LogP contribution is 2.53. The van der Waals surface area contributed by atoms with Gasteiger partial charge in [0.15, 0.2) is 0 Å². The van der Waals surface area contributed by atoms with Crippen LogP contribution in [0.5, 0.6) is 0 Å². The van der Waals surface area contributed by atoms with Crippen molar-refractivity contribution in [3.8, 4) is 0 Å². The first kappa shape index (κ1) is 14.8. The van der Waals surface area contributed by atoms with Gasteiger partial charge in [0, 0.05) is 11.8 Å². The lowest BCUT2D eigenvalue weighted by Gasteiger charge is -2.54. The molecule has 3 fully saturated rings. The molecule has 0 aromatic carbocycles. The van der Waals surface area contributed by atoms with Crippen LogP contribution >= 0.6 is 0 Å². The van der Waals surface area contributed by atoms with E-state index in [0.29, 0.717) is 12.2 Å². The summed E-state index contributed by atoms with van der Waals surface area (Å²) in [5, 5.41) is 10.4. The fourth-order valence-electron chi connectivity index (χ4n) is 4.81. The Bertz CT molecular complexity index is 319. The molecule has 1 spiro atoms. The van der Waals surface area contributed by atoms with E-state index in [2.05, 4.69) is 13.8 Å². The predicted octanol–water partition coefficient (Wildman–Crippen LogP) is 4.30. The SMILES string of the molecule is CC1CCC(OC2CC(O)C23CCCCCC3)CC1C. The van der Waals surface area contributed by atoms with E-state index < -0.39 is 0 Å².